The number of hydrogen-bond donors (Lipinski definition) is 1. The molecule has 1 fully saturated rings. The summed E-state index contributed by atoms with van der Waals surface area (Å²) in [5, 5.41) is 0. The molecule has 0 aliphatic carbocycles. The van der Waals surface area contributed by atoms with Crippen molar-refractivity contribution < 1.29 is 9.53 Å². The van der Waals surface area contributed by atoms with Crippen LogP contribution in [0.2, 0.25) is 0 Å². The number of nitrogens with two attached hydrogens (primary N) is 1. The van der Waals surface area contributed by atoms with Crippen LogP contribution in [0.25, 0.3) is 0 Å². The van der Waals surface area contributed by atoms with Crippen LogP contribution in [0.15, 0.2) is 0 Å². The van der Waals surface area contributed by atoms with Gasteiger partial charge in [0, 0.05) is 12.6 Å². The smallest absolute Gasteiger partial charge is 0.409 e. The van der Waals surface area contributed by atoms with Gasteiger partial charge in [-0.25, -0.2) is 4.79 Å². The molecule has 1 aliphatic rings. The summed E-state index contributed by atoms with van der Waals surface area (Å²) in [5.41, 5.74) is 5.76. The van der Waals surface area contributed by atoms with E-state index in [-0.39, 0.29) is 12.1 Å². The number of nitrogens with zero attached hydrogens (tertiary/aromatic N) is 1. The van der Waals surface area contributed by atoms with Gasteiger partial charge in [-0.1, -0.05) is 6.92 Å². The Labute approximate surface area is 79.0 Å². The van der Waals surface area contributed by atoms with Crippen LogP contribution in [0.3, 0.4) is 0 Å². The summed E-state index contributed by atoms with van der Waals surface area (Å²) >= 11 is 0. The van der Waals surface area contributed by atoms with Gasteiger partial charge >= 0.3 is 6.09 Å². The molecule has 1 heterocycles. The van der Waals surface area contributed by atoms with E-state index in [1.54, 1.807) is 4.90 Å². The normalized spacial score (nSPS) is 18.9. The summed E-state index contributed by atoms with van der Waals surface area (Å²) < 4.78 is 4.81. The van der Waals surface area contributed by atoms with Gasteiger partial charge in [-0.05, 0) is 19.3 Å². The lowest BCUT2D eigenvalue weighted by atomic mass is 10.1. The largest absolute Gasteiger partial charge is 0.448 e. The van der Waals surface area contributed by atoms with E-state index in [2.05, 4.69) is 6.92 Å². The van der Waals surface area contributed by atoms with Crippen LogP contribution in [-0.4, -0.2) is 36.7 Å². The minimum Gasteiger partial charge on any atom is -0.448 e. The van der Waals surface area contributed by atoms with E-state index < -0.39 is 0 Å². The van der Waals surface area contributed by atoms with Crippen LogP contribution >= 0.6 is 0 Å². The second-order valence-corrected chi connectivity index (χ2v) is 3.41. The Hall–Kier alpha value is -0.770. The van der Waals surface area contributed by atoms with Crippen molar-refractivity contribution in [3.63, 3.8) is 0 Å². The van der Waals surface area contributed by atoms with Gasteiger partial charge in [0.1, 0.15) is 6.61 Å². The minimum atomic E-state index is -0.176. The molecule has 1 unspecified atom stereocenters. The van der Waals surface area contributed by atoms with Crippen LogP contribution in [0, 0.1) is 0 Å². The van der Waals surface area contributed by atoms with Gasteiger partial charge < -0.3 is 15.4 Å². The highest BCUT2D eigenvalue weighted by atomic mass is 16.6. The first-order chi connectivity index (χ1) is 6.24. The molecule has 0 aromatic rings. The molecule has 1 saturated heterocycles. The molecule has 0 aromatic heterocycles. The standard InChI is InChI=1S/C9H18N2O2/c1-2-8(10)4-3-5-11-6-7-13-9(11)12/h8H,2-7,10H2,1H3. The molecule has 0 radical (unpaired) electrons. The summed E-state index contributed by atoms with van der Waals surface area (Å²) in [6, 6.07) is 0.277. The van der Waals surface area contributed by atoms with E-state index in [4.69, 9.17) is 10.5 Å². The first-order valence-electron chi connectivity index (χ1n) is 4.91. The van der Waals surface area contributed by atoms with Crippen molar-refractivity contribution in [3.8, 4) is 0 Å². The van der Waals surface area contributed by atoms with E-state index >= 15 is 0 Å². The highest BCUT2D eigenvalue weighted by Gasteiger charge is 2.20. The van der Waals surface area contributed by atoms with Gasteiger partial charge in [0.15, 0.2) is 0 Å². The van der Waals surface area contributed by atoms with Crippen molar-refractivity contribution in [1.82, 2.24) is 4.90 Å². The summed E-state index contributed by atoms with van der Waals surface area (Å²) in [5.74, 6) is 0. The molecule has 0 aromatic carbocycles. The zero-order chi connectivity index (χ0) is 9.68. The molecule has 0 spiro atoms. The molecule has 1 rings (SSSR count). The van der Waals surface area contributed by atoms with Gasteiger partial charge in [0.25, 0.3) is 0 Å². The summed E-state index contributed by atoms with van der Waals surface area (Å²) in [7, 11) is 0. The van der Waals surface area contributed by atoms with Crippen LogP contribution in [-0.2, 0) is 4.74 Å². The molecule has 2 N–H and O–H groups in total. The van der Waals surface area contributed by atoms with E-state index in [1.807, 2.05) is 0 Å². The third-order valence-electron chi connectivity index (χ3n) is 2.37. The predicted molar refractivity (Wildman–Crippen MR) is 50.4 cm³/mol. The Morgan fingerprint density at radius 3 is 3.00 bits per heavy atom. The fraction of sp³-hybridized carbons (Fsp3) is 0.889. The maximum Gasteiger partial charge on any atom is 0.409 e. The van der Waals surface area contributed by atoms with E-state index in [0.29, 0.717) is 6.61 Å². The predicted octanol–water partition coefficient (Wildman–Crippen LogP) is 0.956. The zero-order valence-electron chi connectivity index (χ0n) is 8.16. The maximum atomic E-state index is 11.0. The molecule has 1 aliphatic heterocycles. The number of cyclic esters (lactones) is 1. The highest BCUT2D eigenvalue weighted by Crippen LogP contribution is 2.06. The lowest BCUT2D eigenvalue weighted by Crippen LogP contribution is -2.27. The molecule has 13 heavy (non-hydrogen) atoms. The fourth-order valence-corrected chi connectivity index (χ4v) is 1.38. The third-order valence-corrected chi connectivity index (χ3v) is 2.37. The van der Waals surface area contributed by atoms with Crippen LogP contribution in [0.1, 0.15) is 26.2 Å². The molecule has 1 amide bonds. The Morgan fingerprint density at radius 1 is 1.69 bits per heavy atom. The topological polar surface area (TPSA) is 55.6 Å². The van der Waals surface area contributed by atoms with E-state index in [1.165, 1.54) is 0 Å². The maximum absolute atomic E-state index is 11.0. The molecule has 1 atom stereocenters. The highest BCUT2D eigenvalue weighted by molar-refractivity contribution is 5.69. The van der Waals surface area contributed by atoms with Gasteiger partial charge in [0.2, 0.25) is 0 Å². The minimum absolute atomic E-state index is 0.176. The number of rotatable bonds is 5. The van der Waals surface area contributed by atoms with Crippen molar-refractivity contribution >= 4 is 6.09 Å². The molecule has 76 valence electrons. The second kappa shape index (κ2) is 5.07. The molecule has 0 saturated carbocycles. The van der Waals surface area contributed by atoms with Gasteiger partial charge in [-0.2, -0.15) is 0 Å². The van der Waals surface area contributed by atoms with Crippen molar-refractivity contribution in [2.24, 2.45) is 5.73 Å². The number of ether oxygens (including phenoxy) is 1. The lowest BCUT2D eigenvalue weighted by Gasteiger charge is -2.13. The Balaban J connectivity index is 2.08. The van der Waals surface area contributed by atoms with Crippen LogP contribution in [0.5, 0.6) is 0 Å². The fourth-order valence-electron chi connectivity index (χ4n) is 1.38. The van der Waals surface area contributed by atoms with Crippen molar-refractivity contribution in [2.75, 3.05) is 19.7 Å². The number of hydrogen-bond acceptors (Lipinski definition) is 3. The van der Waals surface area contributed by atoms with Crippen molar-refractivity contribution in [1.29, 1.82) is 0 Å². The molecule has 0 bridgehead atoms. The molecule has 4 heteroatoms. The summed E-state index contributed by atoms with van der Waals surface area (Å²) in [6.07, 6.45) is 2.79. The second-order valence-electron chi connectivity index (χ2n) is 3.41. The Kier molecular flexibility index (Phi) is 4.02. The summed E-state index contributed by atoms with van der Waals surface area (Å²) in [6.45, 7) is 4.14. The lowest BCUT2D eigenvalue weighted by molar-refractivity contribution is 0.158. The first-order valence-corrected chi connectivity index (χ1v) is 4.91. The number of amides is 1. The Morgan fingerprint density at radius 2 is 2.46 bits per heavy atom. The van der Waals surface area contributed by atoms with Crippen molar-refractivity contribution in [2.45, 2.75) is 32.2 Å². The average Bonchev–Trinajstić information content (AvgIpc) is 2.52. The molecular formula is C9H18N2O2. The summed E-state index contributed by atoms with van der Waals surface area (Å²) in [4.78, 5) is 12.7. The molecular weight excluding hydrogens is 168 g/mol. The number of carbonyl (C=O) groups excluding carboxylic acids is 1. The van der Waals surface area contributed by atoms with Gasteiger partial charge in [0.05, 0.1) is 6.54 Å². The van der Waals surface area contributed by atoms with Crippen LogP contribution < -0.4 is 5.73 Å². The Bertz CT molecular complexity index is 173. The quantitative estimate of drug-likeness (QED) is 0.695. The van der Waals surface area contributed by atoms with E-state index in [0.717, 1.165) is 32.4 Å². The van der Waals surface area contributed by atoms with Crippen LogP contribution in [0.4, 0.5) is 4.79 Å². The monoisotopic (exact) mass is 186 g/mol. The average molecular weight is 186 g/mol. The number of carbonyl (C=O) groups is 1. The van der Waals surface area contributed by atoms with Crippen molar-refractivity contribution in [3.05, 3.63) is 0 Å². The molecule has 4 nitrogen and oxygen atoms in total. The van der Waals surface area contributed by atoms with E-state index in [9.17, 15) is 4.79 Å². The zero-order valence-corrected chi connectivity index (χ0v) is 8.16. The SMILES string of the molecule is CCC(N)CCCN1CCOC1=O. The first kappa shape index (κ1) is 10.3. The van der Waals surface area contributed by atoms with Gasteiger partial charge in [-0.3, -0.25) is 0 Å². The van der Waals surface area contributed by atoms with Gasteiger partial charge in [-0.15, -0.1) is 0 Å². The third kappa shape index (κ3) is 3.22.